The predicted molar refractivity (Wildman–Crippen MR) is 99.8 cm³/mol. The number of rotatable bonds is 5. The third kappa shape index (κ3) is 4.67. The maximum Gasteiger partial charge on any atom is 0.256 e. The van der Waals surface area contributed by atoms with Crippen molar-refractivity contribution >= 4 is 33.4 Å². The van der Waals surface area contributed by atoms with E-state index in [0.717, 1.165) is 23.9 Å². The summed E-state index contributed by atoms with van der Waals surface area (Å²) in [7, 11) is 0. The molecule has 2 aromatic carbocycles. The molecule has 1 fully saturated rings. The molecule has 0 spiro atoms. The summed E-state index contributed by atoms with van der Waals surface area (Å²) in [5, 5.41) is 5.70. The highest BCUT2D eigenvalue weighted by molar-refractivity contribution is 9.10. The van der Waals surface area contributed by atoms with Gasteiger partial charge in [0.25, 0.3) is 11.8 Å². The zero-order valence-electron chi connectivity index (χ0n) is 13.6. The Balaban J connectivity index is 1.57. The van der Waals surface area contributed by atoms with Crippen molar-refractivity contribution < 1.29 is 14.3 Å². The van der Waals surface area contributed by atoms with Crippen LogP contribution in [0.3, 0.4) is 0 Å². The lowest BCUT2D eigenvalue weighted by atomic mass is 10.1. The first-order valence-electron chi connectivity index (χ1n) is 8.19. The number of ether oxygens (including phenoxy) is 1. The maximum absolute atomic E-state index is 12.3. The van der Waals surface area contributed by atoms with Crippen LogP contribution < -0.4 is 10.6 Å². The number of hydrogen-bond acceptors (Lipinski definition) is 3. The van der Waals surface area contributed by atoms with Gasteiger partial charge in [0.1, 0.15) is 0 Å². The molecule has 1 atom stereocenters. The SMILES string of the molecule is O=C(NC[C@@H]1CCCO1)c1ccc(NC(=O)c2ccccc2Br)cc1. The molecule has 0 saturated carbocycles. The monoisotopic (exact) mass is 402 g/mol. The molecule has 0 bridgehead atoms. The average molecular weight is 403 g/mol. The van der Waals surface area contributed by atoms with Gasteiger partial charge in [0, 0.05) is 28.9 Å². The lowest BCUT2D eigenvalue weighted by Gasteiger charge is -2.11. The van der Waals surface area contributed by atoms with Gasteiger partial charge in [-0.05, 0) is 65.2 Å². The number of benzene rings is 2. The van der Waals surface area contributed by atoms with Crippen molar-refractivity contribution in [3.05, 3.63) is 64.1 Å². The Morgan fingerprint density at radius 3 is 2.52 bits per heavy atom. The van der Waals surface area contributed by atoms with Gasteiger partial charge >= 0.3 is 0 Å². The molecule has 130 valence electrons. The van der Waals surface area contributed by atoms with Crippen LogP contribution in [0.15, 0.2) is 53.0 Å². The molecular weight excluding hydrogens is 384 g/mol. The van der Waals surface area contributed by atoms with Gasteiger partial charge in [0.15, 0.2) is 0 Å². The summed E-state index contributed by atoms with van der Waals surface area (Å²) >= 11 is 3.36. The number of carbonyl (C=O) groups excluding carboxylic acids is 2. The second-order valence-electron chi connectivity index (χ2n) is 5.86. The molecule has 0 unspecified atom stereocenters. The molecule has 3 rings (SSSR count). The van der Waals surface area contributed by atoms with Gasteiger partial charge in [-0.15, -0.1) is 0 Å². The van der Waals surface area contributed by atoms with Crippen LogP contribution >= 0.6 is 15.9 Å². The third-order valence-electron chi connectivity index (χ3n) is 4.04. The van der Waals surface area contributed by atoms with Crippen LogP contribution in [0.5, 0.6) is 0 Å². The molecule has 0 aromatic heterocycles. The van der Waals surface area contributed by atoms with E-state index < -0.39 is 0 Å². The molecule has 25 heavy (non-hydrogen) atoms. The summed E-state index contributed by atoms with van der Waals surface area (Å²) in [5.41, 5.74) is 1.74. The van der Waals surface area contributed by atoms with Crippen LogP contribution in [0.1, 0.15) is 33.6 Å². The second kappa shape index (κ2) is 8.27. The highest BCUT2D eigenvalue weighted by Gasteiger charge is 2.16. The van der Waals surface area contributed by atoms with Crippen molar-refractivity contribution in [3.63, 3.8) is 0 Å². The molecule has 2 aromatic rings. The summed E-state index contributed by atoms with van der Waals surface area (Å²) < 4.78 is 6.22. The molecular formula is C19H19BrN2O3. The number of halogens is 1. The van der Waals surface area contributed by atoms with Crippen molar-refractivity contribution in [2.75, 3.05) is 18.5 Å². The molecule has 1 heterocycles. The smallest absolute Gasteiger partial charge is 0.256 e. The molecule has 1 aliphatic heterocycles. The van der Waals surface area contributed by atoms with Crippen LogP contribution in [-0.4, -0.2) is 31.1 Å². The van der Waals surface area contributed by atoms with Gasteiger partial charge in [0.2, 0.25) is 0 Å². The van der Waals surface area contributed by atoms with Crippen LogP contribution in [0.4, 0.5) is 5.69 Å². The highest BCUT2D eigenvalue weighted by atomic mass is 79.9. The average Bonchev–Trinajstić information content (AvgIpc) is 3.14. The van der Waals surface area contributed by atoms with E-state index in [2.05, 4.69) is 26.6 Å². The number of anilines is 1. The standard InChI is InChI=1S/C19H19BrN2O3/c20-17-6-2-1-5-16(17)19(24)22-14-9-7-13(8-10-14)18(23)21-12-15-4-3-11-25-15/h1-2,5-10,15H,3-4,11-12H2,(H,21,23)(H,22,24)/t15-/m0/s1. The highest BCUT2D eigenvalue weighted by Crippen LogP contribution is 2.18. The van der Waals surface area contributed by atoms with Crippen molar-refractivity contribution in [1.29, 1.82) is 0 Å². The molecule has 5 nitrogen and oxygen atoms in total. The van der Waals surface area contributed by atoms with E-state index in [1.54, 1.807) is 36.4 Å². The largest absolute Gasteiger partial charge is 0.376 e. The Labute approximate surface area is 154 Å². The van der Waals surface area contributed by atoms with Crippen molar-refractivity contribution in [2.24, 2.45) is 0 Å². The van der Waals surface area contributed by atoms with Gasteiger partial charge in [-0.3, -0.25) is 9.59 Å². The van der Waals surface area contributed by atoms with Crippen molar-refractivity contribution in [1.82, 2.24) is 5.32 Å². The molecule has 2 N–H and O–H groups in total. The fourth-order valence-corrected chi connectivity index (χ4v) is 3.13. The van der Waals surface area contributed by atoms with E-state index in [1.165, 1.54) is 0 Å². The first-order valence-corrected chi connectivity index (χ1v) is 8.98. The van der Waals surface area contributed by atoms with Crippen LogP contribution in [0, 0.1) is 0 Å². The normalized spacial score (nSPS) is 16.4. The van der Waals surface area contributed by atoms with E-state index in [1.807, 2.05) is 12.1 Å². The van der Waals surface area contributed by atoms with E-state index in [-0.39, 0.29) is 17.9 Å². The minimum absolute atomic E-state index is 0.117. The van der Waals surface area contributed by atoms with Crippen LogP contribution in [0.2, 0.25) is 0 Å². The summed E-state index contributed by atoms with van der Waals surface area (Å²) in [6.07, 6.45) is 2.15. The Bertz CT molecular complexity index is 756. The Morgan fingerprint density at radius 1 is 1.08 bits per heavy atom. The molecule has 6 heteroatoms. The Kier molecular flexibility index (Phi) is 5.83. The summed E-state index contributed by atoms with van der Waals surface area (Å²) in [4.78, 5) is 24.4. The minimum Gasteiger partial charge on any atom is -0.376 e. The Hall–Kier alpha value is -2.18. The summed E-state index contributed by atoms with van der Waals surface area (Å²) in [6, 6.07) is 14.0. The van der Waals surface area contributed by atoms with Crippen molar-refractivity contribution in [2.45, 2.75) is 18.9 Å². The van der Waals surface area contributed by atoms with Gasteiger partial charge in [0.05, 0.1) is 11.7 Å². The first-order chi connectivity index (χ1) is 12.1. The van der Waals surface area contributed by atoms with E-state index >= 15 is 0 Å². The molecule has 0 radical (unpaired) electrons. The quantitative estimate of drug-likeness (QED) is 0.802. The topological polar surface area (TPSA) is 67.4 Å². The lowest BCUT2D eigenvalue weighted by Crippen LogP contribution is -2.31. The zero-order valence-corrected chi connectivity index (χ0v) is 15.2. The second-order valence-corrected chi connectivity index (χ2v) is 6.71. The van der Waals surface area contributed by atoms with Crippen LogP contribution in [0.25, 0.3) is 0 Å². The molecule has 0 aliphatic carbocycles. The maximum atomic E-state index is 12.3. The van der Waals surface area contributed by atoms with E-state index in [9.17, 15) is 9.59 Å². The number of amides is 2. The van der Waals surface area contributed by atoms with Gasteiger partial charge in [-0.25, -0.2) is 0 Å². The number of carbonyl (C=O) groups is 2. The van der Waals surface area contributed by atoms with Gasteiger partial charge in [-0.2, -0.15) is 0 Å². The fraction of sp³-hybridized carbons (Fsp3) is 0.263. The zero-order chi connectivity index (χ0) is 17.6. The first kappa shape index (κ1) is 17.6. The summed E-state index contributed by atoms with van der Waals surface area (Å²) in [5.74, 6) is -0.345. The van der Waals surface area contributed by atoms with Gasteiger partial charge < -0.3 is 15.4 Å². The predicted octanol–water partition coefficient (Wildman–Crippen LogP) is 3.61. The van der Waals surface area contributed by atoms with Crippen LogP contribution in [-0.2, 0) is 4.74 Å². The van der Waals surface area contributed by atoms with E-state index in [4.69, 9.17) is 4.74 Å². The van der Waals surface area contributed by atoms with E-state index in [0.29, 0.717) is 23.4 Å². The fourth-order valence-electron chi connectivity index (χ4n) is 2.66. The number of nitrogens with one attached hydrogen (secondary N) is 2. The third-order valence-corrected chi connectivity index (χ3v) is 4.73. The minimum atomic E-state index is -0.206. The Morgan fingerprint density at radius 2 is 1.84 bits per heavy atom. The van der Waals surface area contributed by atoms with Crippen molar-refractivity contribution in [3.8, 4) is 0 Å². The van der Waals surface area contributed by atoms with Gasteiger partial charge in [-0.1, -0.05) is 12.1 Å². The lowest BCUT2D eigenvalue weighted by molar-refractivity contribution is 0.0857. The summed E-state index contributed by atoms with van der Waals surface area (Å²) in [6.45, 7) is 1.30. The molecule has 2 amide bonds. The molecule has 1 saturated heterocycles. The number of hydrogen-bond donors (Lipinski definition) is 2. The molecule has 1 aliphatic rings.